The molecule has 8 rings (SSSR count). The van der Waals surface area contributed by atoms with Crippen molar-refractivity contribution < 1.29 is 53.1 Å². The van der Waals surface area contributed by atoms with Crippen molar-refractivity contribution in [3.8, 4) is 23.0 Å². The van der Waals surface area contributed by atoms with Crippen LogP contribution in [-0.2, 0) is 34.1 Å². The number of benzene rings is 4. The quantitative estimate of drug-likeness (QED) is 0.0990. The van der Waals surface area contributed by atoms with E-state index < -0.39 is 15.8 Å². The van der Waals surface area contributed by atoms with E-state index >= 15 is 0 Å². The zero-order chi connectivity index (χ0) is 40.7. The molecule has 4 aliphatic rings. The second-order valence-corrected chi connectivity index (χ2v) is 18.7. The van der Waals surface area contributed by atoms with E-state index in [-0.39, 0.29) is 39.8 Å². The van der Waals surface area contributed by atoms with Crippen molar-refractivity contribution in [1.82, 2.24) is 0 Å². The Hall–Kier alpha value is -2.02. The van der Waals surface area contributed by atoms with Gasteiger partial charge in [0.25, 0.3) is 0 Å². The number of rotatable bonds is 13. The standard InChI is InChI=1S/C42H42O4P2.2C5H5.2Fe/c1-29(47(37-20-12-33(43-3)13-21-37)38-22-14-34(44-4)15-23-38)31-10-11-32(28-31)42-9-7-8-41(42)30(2)48(39-24-16-35(45-5)17-25-39)40-26-18-36(46-6)19-27-40;2*1-2-4-5-3-1;;/h7-30H,1-6H3;2*1-5H;;/q;;;2*+2/t29-,30-;;;;/m0..../s1. The van der Waals surface area contributed by atoms with E-state index in [1.807, 2.05) is 64.2 Å². The third-order valence-electron chi connectivity index (χ3n) is 10.2. The summed E-state index contributed by atoms with van der Waals surface area (Å²) in [7, 11) is 5.44. The average molecular weight is 915 g/mol. The molecule has 8 heteroatoms. The first-order chi connectivity index (χ1) is 28.4. The molecule has 2 atom stereocenters. The van der Waals surface area contributed by atoms with Gasteiger partial charge in [0, 0.05) is 0 Å². The Balaban J connectivity index is 0.000000579. The van der Waals surface area contributed by atoms with Crippen LogP contribution in [0.2, 0.25) is 0 Å². The fraction of sp³-hybridized carbons (Fsp3) is 0.154. The van der Waals surface area contributed by atoms with Crippen LogP contribution in [0.3, 0.4) is 0 Å². The molecule has 20 radical (unpaired) electrons. The molecule has 0 heterocycles. The fourth-order valence-electron chi connectivity index (χ4n) is 7.04. The smallest absolute Gasteiger partial charge is 0.497 e. The van der Waals surface area contributed by atoms with E-state index in [4.69, 9.17) is 18.9 Å². The van der Waals surface area contributed by atoms with Crippen LogP contribution in [0.4, 0.5) is 0 Å². The molecule has 4 aliphatic carbocycles. The summed E-state index contributed by atoms with van der Waals surface area (Å²) in [5.41, 5.74) is 0.570. The first-order valence-corrected chi connectivity index (χ1v) is 22.3. The topological polar surface area (TPSA) is 36.9 Å². The maximum absolute atomic E-state index is 5.49. The number of methoxy groups -OCH3 is 4. The van der Waals surface area contributed by atoms with E-state index in [0.717, 1.165) is 23.0 Å². The van der Waals surface area contributed by atoms with Crippen molar-refractivity contribution in [2.75, 3.05) is 28.4 Å². The Morgan fingerprint density at radius 2 is 0.683 bits per heavy atom. The van der Waals surface area contributed by atoms with E-state index in [1.165, 1.54) is 44.9 Å². The zero-order valence-corrected chi connectivity index (χ0v) is 38.9. The maximum atomic E-state index is 5.49. The Labute approximate surface area is 387 Å². The van der Waals surface area contributed by atoms with Crippen LogP contribution in [0, 0.1) is 126 Å². The molecule has 4 nitrogen and oxygen atoms in total. The molecule has 0 bridgehead atoms. The number of hydrogen-bond acceptors (Lipinski definition) is 4. The Morgan fingerprint density at radius 3 is 1.00 bits per heavy atom. The van der Waals surface area contributed by atoms with Gasteiger partial charge in [-0.1, -0.05) is 62.4 Å². The predicted octanol–water partition coefficient (Wildman–Crippen LogP) is 9.65. The van der Waals surface area contributed by atoms with Crippen LogP contribution >= 0.6 is 15.8 Å². The van der Waals surface area contributed by atoms with Gasteiger partial charge in [-0.05, 0) is 223 Å². The summed E-state index contributed by atoms with van der Waals surface area (Å²) in [5.74, 6) is 8.75. The van der Waals surface area contributed by atoms with Crippen LogP contribution in [0.1, 0.15) is 13.8 Å². The van der Waals surface area contributed by atoms with Gasteiger partial charge in [-0.25, -0.2) is 0 Å². The molecular formula is C52H52Fe2O4P2+4. The van der Waals surface area contributed by atoms with Crippen LogP contribution < -0.4 is 40.2 Å². The summed E-state index contributed by atoms with van der Waals surface area (Å²) >= 11 is 0. The van der Waals surface area contributed by atoms with Gasteiger partial charge in [0.05, 0.1) is 28.4 Å². The molecule has 0 N–H and O–H groups in total. The zero-order valence-electron chi connectivity index (χ0n) is 34.9. The Kier molecular flexibility index (Phi) is 22.4. The number of hydrogen-bond donors (Lipinski definition) is 0. The van der Waals surface area contributed by atoms with Crippen molar-refractivity contribution in [2.24, 2.45) is 0 Å². The Morgan fingerprint density at radius 1 is 0.367 bits per heavy atom. The van der Waals surface area contributed by atoms with Gasteiger partial charge in [0.15, 0.2) is 0 Å². The van der Waals surface area contributed by atoms with Crippen LogP contribution in [0.15, 0.2) is 97.1 Å². The van der Waals surface area contributed by atoms with Gasteiger partial charge in [-0.2, -0.15) is 0 Å². The summed E-state index contributed by atoms with van der Waals surface area (Å²) in [5, 5.41) is 5.27. The van der Waals surface area contributed by atoms with Gasteiger partial charge >= 0.3 is 34.1 Å². The molecule has 0 spiro atoms. The van der Waals surface area contributed by atoms with Crippen molar-refractivity contribution in [2.45, 2.75) is 25.2 Å². The summed E-state index contributed by atoms with van der Waals surface area (Å²) in [6.45, 7) is 4.73. The van der Waals surface area contributed by atoms with Gasteiger partial charge in [0.1, 0.15) is 23.0 Å². The SMILES string of the molecule is COc1ccc(P(c2ccc(OC)cc2)[C@@H](C)[C]2[CH][CH][C]([C]3[CH][CH][CH][C]3[C@H](C)P(c3ccc(OC)cc3)c3ccc(OC)cc3)[CH]2)cc1.[CH]1[CH][CH][CH][CH]1.[CH]1[CH][CH][CH][CH]1.[Fe+2].[Fe+2]. The molecule has 4 aromatic carbocycles. The van der Waals surface area contributed by atoms with Crippen LogP contribution in [-0.4, -0.2) is 39.8 Å². The second-order valence-electron chi connectivity index (χ2n) is 13.6. The molecule has 0 amide bonds. The summed E-state index contributed by atoms with van der Waals surface area (Å²) in [6.07, 6.45) is 33.8. The maximum Gasteiger partial charge on any atom is 2.00 e. The fourth-order valence-corrected chi connectivity index (χ4v) is 12.3. The van der Waals surface area contributed by atoms with Crippen molar-refractivity contribution in [1.29, 1.82) is 0 Å². The molecule has 306 valence electrons. The molecule has 4 fully saturated rings. The minimum atomic E-state index is -0.718. The molecule has 0 saturated heterocycles. The van der Waals surface area contributed by atoms with Crippen molar-refractivity contribution in [3.05, 3.63) is 223 Å². The molecular weight excluding hydrogens is 862 g/mol. The van der Waals surface area contributed by atoms with Gasteiger partial charge in [0.2, 0.25) is 0 Å². The molecule has 0 unspecified atom stereocenters. The molecule has 4 aromatic rings. The van der Waals surface area contributed by atoms with E-state index in [0.29, 0.717) is 5.66 Å². The summed E-state index contributed by atoms with van der Waals surface area (Å²) in [4.78, 5) is 0. The number of ether oxygens (including phenoxy) is 4. The minimum absolute atomic E-state index is 0. The Bertz CT molecular complexity index is 1630. The van der Waals surface area contributed by atoms with Crippen molar-refractivity contribution >= 4 is 37.1 Å². The van der Waals surface area contributed by atoms with Gasteiger partial charge in [-0.3, -0.25) is 0 Å². The summed E-state index contributed by atoms with van der Waals surface area (Å²) in [6, 6.07) is 34.3. The monoisotopic (exact) mass is 914 g/mol. The average Bonchev–Trinajstić information content (AvgIpc) is 4.14. The van der Waals surface area contributed by atoms with Gasteiger partial charge in [-0.15, -0.1) is 0 Å². The normalized spacial score (nSPS) is 18.1. The van der Waals surface area contributed by atoms with Crippen LogP contribution in [0.5, 0.6) is 23.0 Å². The molecule has 4 saturated carbocycles. The predicted molar refractivity (Wildman–Crippen MR) is 245 cm³/mol. The summed E-state index contributed by atoms with van der Waals surface area (Å²) < 4.78 is 21.9. The van der Waals surface area contributed by atoms with Crippen molar-refractivity contribution in [3.63, 3.8) is 0 Å². The van der Waals surface area contributed by atoms with E-state index in [2.05, 4.69) is 149 Å². The molecule has 0 aliphatic heterocycles. The third kappa shape index (κ3) is 13.7. The van der Waals surface area contributed by atoms with Crippen LogP contribution in [0.25, 0.3) is 0 Å². The first-order valence-electron chi connectivity index (χ1n) is 19.4. The second kappa shape index (κ2) is 26.6. The molecule has 60 heavy (non-hydrogen) atoms. The van der Waals surface area contributed by atoms with Gasteiger partial charge < -0.3 is 18.9 Å². The van der Waals surface area contributed by atoms with E-state index in [9.17, 15) is 0 Å². The van der Waals surface area contributed by atoms with E-state index in [1.54, 1.807) is 28.4 Å². The third-order valence-corrected chi connectivity index (χ3v) is 15.7. The largest absolute Gasteiger partial charge is 2.00 e. The molecule has 0 aromatic heterocycles. The minimum Gasteiger partial charge on any atom is -0.497 e. The first kappa shape index (κ1) is 50.6.